The first-order chi connectivity index (χ1) is 5.36. The second-order valence-electron chi connectivity index (χ2n) is 2.29. The zero-order valence-electron chi connectivity index (χ0n) is 6.87. The van der Waals surface area contributed by atoms with Crippen molar-refractivity contribution in [2.24, 2.45) is 0 Å². The van der Waals surface area contributed by atoms with E-state index in [0.717, 1.165) is 18.7 Å². The fourth-order valence-corrected chi connectivity index (χ4v) is 0.801. The van der Waals surface area contributed by atoms with Crippen molar-refractivity contribution in [3.8, 4) is 5.75 Å². The molecule has 60 valence electrons. The third kappa shape index (κ3) is 2.18. The van der Waals surface area contributed by atoms with E-state index in [4.69, 9.17) is 4.74 Å². The van der Waals surface area contributed by atoms with Crippen LogP contribution in [0.3, 0.4) is 0 Å². The van der Waals surface area contributed by atoms with Crippen LogP contribution in [0.4, 0.5) is 0 Å². The van der Waals surface area contributed by atoms with E-state index in [0.29, 0.717) is 5.75 Å². The minimum Gasteiger partial charge on any atom is -0.494 e. The SMILES string of the molecule is CCCc1ncc(OC)cn1. The zero-order chi connectivity index (χ0) is 8.10. The minimum atomic E-state index is 0.713. The first-order valence-electron chi connectivity index (χ1n) is 3.71. The Morgan fingerprint density at radius 2 is 2.00 bits per heavy atom. The summed E-state index contributed by atoms with van der Waals surface area (Å²) in [6, 6.07) is 0. The second kappa shape index (κ2) is 3.91. The van der Waals surface area contributed by atoms with Gasteiger partial charge >= 0.3 is 0 Å². The fourth-order valence-electron chi connectivity index (χ4n) is 0.801. The summed E-state index contributed by atoms with van der Waals surface area (Å²) in [6.07, 6.45) is 5.40. The molecule has 1 heterocycles. The van der Waals surface area contributed by atoms with Gasteiger partial charge in [0.2, 0.25) is 0 Å². The van der Waals surface area contributed by atoms with Crippen LogP contribution in [-0.2, 0) is 6.42 Å². The van der Waals surface area contributed by atoms with Crippen LogP contribution < -0.4 is 4.74 Å². The normalized spacial score (nSPS) is 9.64. The zero-order valence-corrected chi connectivity index (χ0v) is 6.87. The minimum absolute atomic E-state index is 0.713. The van der Waals surface area contributed by atoms with Crippen molar-refractivity contribution in [3.63, 3.8) is 0 Å². The standard InChI is InChI=1S/C8H12N2O/c1-3-4-8-9-5-7(11-2)6-10-8/h5-6H,3-4H2,1-2H3. The summed E-state index contributed by atoms with van der Waals surface area (Å²) in [5, 5.41) is 0. The molecule has 0 aliphatic heterocycles. The second-order valence-corrected chi connectivity index (χ2v) is 2.29. The van der Waals surface area contributed by atoms with Crippen LogP contribution in [-0.4, -0.2) is 17.1 Å². The summed E-state index contributed by atoms with van der Waals surface area (Å²) < 4.78 is 4.92. The molecule has 0 radical (unpaired) electrons. The van der Waals surface area contributed by atoms with Crippen LogP contribution in [0.1, 0.15) is 19.2 Å². The molecular formula is C8H12N2O. The lowest BCUT2D eigenvalue weighted by atomic mass is 10.3. The van der Waals surface area contributed by atoms with Crippen molar-refractivity contribution in [1.82, 2.24) is 9.97 Å². The van der Waals surface area contributed by atoms with Crippen LogP contribution in [0, 0.1) is 0 Å². The molecule has 0 fully saturated rings. The number of hydrogen-bond donors (Lipinski definition) is 0. The molecule has 0 atom stereocenters. The lowest BCUT2D eigenvalue weighted by Crippen LogP contribution is -1.94. The van der Waals surface area contributed by atoms with Gasteiger partial charge in [-0.25, -0.2) is 9.97 Å². The summed E-state index contributed by atoms with van der Waals surface area (Å²) in [6.45, 7) is 2.10. The average molecular weight is 152 g/mol. The Hall–Kier alpha value is -1.12. The van der Waals surface area contributed by atoms with E-state index in [1.54, 1.807) is 19.5 Å². The van der Waals surface area contributed by atoms with Crippen molar-refractivity contribution in [2.45, 2.75) is 19.8 Å². The lowest BCUT2D eigenvalue weighted by molar-refractivity contribution is 0.410. The van der Waals surface area contributed by atoms with E-state index in [9.17, 15) is 0 Å². The quantitative estimate of drug-likeness (QED) is 0.657. The molecule has 3 heteroatoms. The monoisotopic (exact) mass is 152 g/mol. The number of nitrogens with zero attached hydrogens (tertiary/aromatic N) is 2. The highest BCUT2D eigenvalue weighted by molar-refractivity contribution is 5.11. The van der Waals surface area contributed by atoms with Gasteiger partial charge in [0, 0.05) is 6.42 Å². The van der Waals surface area contributed by atoms with Gasteiger partial charge in [-0.3, -0.25) is 0 Å². The molecule has 0 bridgehead atoms. The topological polar surface area (TPSA) is 35.0 Å². The largest absolute Gasteiger partial charge is 0.494 e. The first kappa shape index (κ1) is 7.98. The molecule has 0 unspecified atom stereocenters. The maximum Gasteiger partial charge on any atom is 0.155 e. The Labute approximate surface area is 66.4 Å². The number of aromatic nitrogens is 2. The first-order valence-corrected chi connectivity index (χ1v) is 3.71. The van der Waals surface area contributed by atoms with Gasteiger partial charge in [0.15, 0.2) is 5.75 Å². The lowest BCUT2D eigenvalue weighted by Gasteiger charge is -1.98. The Morgan fingerprint density at radius 3 is 2.45 bits per heavy atom. The molecule has 1 aromatic heterocycles. The number of methoxy groups -OCH3 is 1. The molecule has 11 heavy (non-hydrogen) atoms. The molecule has 1 rings (SSSR count). The Morgan fingerprint density at radius 1 is 1.36 bits per heavy atom. The highest BCUT2D eigenvalue weighted by Gasteiger charge is 1.94. The van der Waals surface area contributed by atoms with Crippen molar-refractivity contribution >= 4 is 0 Å². The van der Waals surface area contributed by atoms with Crippen LogP contribution in [0.2, 0.25) is 0 Å². The highest BCUT2D eigenvalue weighted by Crippen LogP contribution is 2.05. The van der Waals surface area contributed by atoms with E-state index < -0.39 is 0 Å². The highest BCUT2D eigenvalue weighted by atomic mass is 16.5. The van der Waals surface area contributed by atoms with Crippen LogP contribution in [0.25, 0.3) is 0 Å². The van der Waals surface area contributed by atoms with Gasteiger partial charge in [-0.05, 0) is 6.42 Å². The molecule has 0 amide bonds. The molecule has 0 aromatic carbocycles. The van der Waals surface area contributed by atoms with Crippen LogP contribution in [0.5, 0.6) is 5.75 Å². The Kier molecular flexibility index (Phi) is 2.83. The molecule has 0 aliphatic rings. The van der Waals surface area contributed by atoms with Crippen molar-refractivity contribution in [1.29, 1.82) is 0 Å². The van der Waals surface area contributed by atoms with Gasteiger partial charge in [0.25, 0.3) is 0 Å². The molecule has 0 aliphatic carbocycles. The molecule has 0 saturated heterocycles. The smallest absolute Gasteiger partial charge is 0.155 e. The van der Waals surface area contributed by atoms with Gasteiger partial charge < -0.3 is 4.74 Å². The van der Waals surface area contributed by atoms with E-state index >= 15 is 0 Å². The number of rotatable bonds is 3. The Balaban J connectivity index is 2.66. The number of ether oxygens (including phenoxy) is 1. The molecular weight excluding hydrogens is 140 g/mol. The maximum absolute atomic E-state index is 4.92. The van der Waals surface area contributed by atoms with Gasteiger partial charge in [-0.1, -0.05) is 6.92 Å². The summed E-state index contributed by atoms with van der Waals surface area (Å²) in [4.78, 5) is 8.21. The predicted octanol–water partition coefficient (Wildman–Crippen LogP) is 1.44. The van der Waals surface area contributed by atoms with Crippen molar-refractivity contribution in [3.05, 3.63) is 18.2 Å². The number of hydrogen-bond acceptors (Lipinski definition) is 3. The van der Waals surface area contributed by atoms with Crippen LogP contribution >= 0.6 is 0 Å². The third-order valence-corrected chi connectivity index (χ3v) is 1.39. The molecule has 3 nitrogen and oxygen atoms in total. The molecule has 0 saturated carbocycles. The van der Waals surface area contributed by atoms with Gasteiger partial charge in [0.1, 0.15) is 5.82 Å². The van der Waals surface area contributed by atoms with Crippen molar-refractivity contribution in [2.75, 3.05) is 7.11 Å². The van der Waals surface area contributed by atoms with Crippen LogP contribution in [0.15, 0.2) is 12.4 Å². The molecule has 1 aromatic rings. The van der Waals surface area contributed by atoms with Gasteiger partial charge in [-0.2, -0.15) is 0 Å². The predicted molar refractivity (Wildman–Crippen MR) is 42.6 cm³/mol. The van der Waals surface area contributed by atoms with Crippen molar-refractivity contribution < 1.29 is 4.74 Å². The van der Waals surface area contributed by atoms with Gasteiger partial charge in [-0.15, -0.1) is 0 Å². The van der Waals surface area contributed by atoms with E-state index in [-0.39, 0.29) is 0 Å². The summed E-state index contributed by atoms with van der Waals surface area (Å²) in [7, 11) is 1.61. The van der Waals surface area contributed by atoms with E-state index in [1.165, 1.54) is 0 Å². The average Bonchev–Trinajstić information content (AvgIpc) is 2.07. The summed E-state index contributed by atoms with van der Waals surface area (Å²) in [5.41, 5.74) is 0. The number of aryl methyl sites for hydroxylation is 1. The summed E-state index contributed by atoms with van der Waals surface area (Å²) >= 11 is 0. The Bertz CT molecular complexity index is 208. The maximum atomic E-state index is 4.92. The van der Waals surface area contributed by atoms with Gasteiger partial charge in [0.05, 0.1) is 19.5 Å². The molecule has 0 spiro atoms. The van der Waals surface area contributed by atoms with E-state index in [1.807, 2.05) is 0 Å². The third-order valence-electron chi connectivity index (χ3n) is 1.39. The van der Waals surface area contributed by atoms with E-state index in [2.05, 4.69) is 16.9 Å². The molecule has 0 N–H and O–H groups in total. The fraction of sp³-hybridized carbons (Fsp3) is 0.500. The summed E-state index contributed by atoms with van der Waals surface area (Å²) in [5.74, 6) is 1.60.